The maximum absolute atomic E-state index is 4.86. The van der Waals surface area contributed by atoms with Crippen molar-refractivity contribution in [3.8, 4) is 0 Å². The summed E-state index contributed by atoms with van der Waals surface area (Å²) in [4.78, 5) is 32.7. The lowest BCUT2D eigenvalue weighted by Crippen LogP contribution is -2.45. The third-order valence-corrected chi connectivity index (χ3v) is 7.72. The van der Waals surface area contributed by atoms with Crippen LogP contribution in [0.3, 0.4) is 0 Å². The molecule has 0 radical (unpaired) electrons. The number of nitrogens with zero attached hydrogens (tertiary/aromatic N) is 9. The Bertz CT molecular complexity index is 1680. The summed E-state index contributed by atoms with van der Waals surface area (Å²) < 4.78 is 0. The van der Waals surface area contributed by atoms with E-state index in [2.05, 4.69) is 61.5 Å². The molecular formula is C32H39N11. The number of hydrogen-bond donors (Lipinski definition) is 2. The average Bonchev–Trinajstić information content (AvgIpc) is 2.96. The predicted octanol–water partition coefficient (Wildman–Crippen LogP) is 4.96. The van der Waals surface area contributed by atoms with E-state index in [9.17, 15) is 0 Å². The summed E-state index contributed by atoms with van der Waals surface area (Å²) >= 11 is 0. The second-order valence-electron chi connectivity index (χ2n) is 11.6. The third kappa shape index (κ3) is 6.07. The molecule has 2 aromatic carbocycles. The topological polar surface area (TPSA) is 101 Å². The van der Waals surface area contributed by atoms with E-state index in [-0.39, 0.29) is 0 Å². The van der Waals surface area contributed by atoms with Gasteiger partial charge in [0.2, 0.25) is 17.8 Å². The lowest BCUT2D eigenvalue weighted by atomic mass is 10.1. The van der Waals surface area contributed by atoms with Crippen molar-refractivity contribution in [3.05, 3.63) is 59.9 Å². The van der Waals surface area contributed by atoms with Crippen molar-refractivity contribution < 1.29 is 0 Å². The number of aromatic nitrogens is 5. The second-order valence-corrected chi connectivity index (χ2v) is 11.6. The second kappa shape index (κ2) is 11.5. The fraction of sp³-hybridized carbons (Fsp3) is 0.344. The molecule has 2 N–H and O–H groups in total. The Morgan fingerprint density at radius 3 is 1.51 bits per heavy atom. The molecule has 0 amide bonds. The van der Waals surface area contributed by atoms with Crippen molar-refractivity contribution in [2.45, 2.75) is 13.8 Å². The maximum atomic E-state index is 4.86. The molecule has 11 heteroatoms. The molecule has 0 bridgehead atoms. The highest BCUT2D eigenvalue weighted by Gasteiger charge is 2.19. The highest BCUT2D eigenvalue weighted by molar-refractivity contribution is 5.95. The molecule has 0 unspecified atom stereocenters. The van der Waals surface area contributed by atoms with Gasteiger partial charge in [-0.2, -0.15) is 15.0 Å². The highest BCUT2D eigenvalue weighted by atomic mass is 15.4. The molecule has 4 heterocycles. The fourth-order valence-electron chi connectivity index (χ4n) is 5.45. The van der Waals surface area contributed by atoms with Crippen molar-refractivity contribution >= 4 is 62.4 Å². The Morgan fingerprint density at radius 1 is 0.605 bits per heavy atom. The smallest absolute Gasteiger partial charge is 0.233 e. The lowest BCUT2D eigenvalue weighted by molar-refractivity contribution is 0.311. The molecule has 222 valence electrons. The van der Waals surface area contributed by atoms with Crippen LogP contribution < -0.4 is 25.3 Å². The van der Waals surface area contributed by atoms with Crippen LogP contribution in [0.15, 0.2) is 48.5 Å². The van der Waals surface area contributed by atoms with E-state index >= 15 is 0 Å². The molecule has 1 saturated heterocycles. The van der Waals surface area contributed by atoms with Gasteiger partial charge in [0.15, 0.2) is 0 Å². The number of nitrogens with one attached hydrogen (secondary N) is 2. The summed E-state index contributed by atoms with van der Waals surface area (Å²) in [6, 6.07) is 16.5. The first kappa shape index (κ1) is 28.4. The Morgan fingerprint density at radius 2 is 1.07 bits per heavy atom. The predicted molar refractivity (Wildman–Crippen MR) is 178 cm³/mol. The Balaban J connectivity index is 1.37. The van der Waals surface area contributed by atoms with Crippen LogP contribution in [0.2, 0.25) is 0 Å². The molecule has 6 rings (SSSR count). The first-order valence-corrected chi connectivity index (χ1v) is 14.5. The van der Waals surface area contributed by atoms with Crippen molar-refractivity contribution in [1.82, 2.24) is 29.8 Å². The number of anilines is 7. The number of piperazine rings is 1. The number of benzene rings is 2. The largest absolute Gasteiger partial charge is 0.377 e. The minimum absolute atomic E-state index is 0.476. The normalized spacial score (nSPS) is 13.9. The van der Waals surface area contributed by atoms with Crippen LogP contribution in [0.1, 0.15) is 11.4 Å². The van der Waals surface area contributed by atoms with Crippen molar-refractivity contribution in [3.63, 3.8) is 0 Å². The molecule has 1 aliphatic rings. The number of aryl methyl sites for hydroxylation is 2. The minimum Gasteiger partial charge on any atom is -0.377 e. The van der Waals surface area contributed by atoms with Gasteiger partial charge in [-0.3, -0.25) is 9.97 Å². The van der Waals surface area contributed by atoms with Gasteiger partial charge in [0.1, 0.15) is 0 Å². The van der Waals surface area contributed by atoms with Gasteiger partial charge in [-0.1, -0.05) is 0 Å². The molecule has 43 heavy (non-hydrogen) atoms. The van der Waals surface area contributed by atoms with Gasteiger partial charge in [0.05, 0.1) is 11.0 Å². The molecule has 11 nitrogen and oxygen atoms in total. The van der Waals surface area contributed by atoms with E-state index < -0.39 is 0 Å². The molecule has 0 spiro atoms. The minimum atomic E-state index is 0.476. The number of fused-ring (bicyclic) bond motifs is 2. The van der Waals surface area contributed by atoms with Crippen LogP contribution >= 0.6 is 0 Å². The van der Waals surface area contributed by atoms with Crippen LogP contribution in [0, 0.1) is 13.8 Å². The molecule has 0 saturated carbocycles. The molecule has 5 aromatic rings. The Kier molecular flexibility index (Phi) is 7.57. The summed E-state index contributed by atoms with van der Waals surface area (Å²) in [5.41, 5.74) is 7.85. The van der Waals surface area contributed by atoms with Gasteiger partial charge in [0, 0.05) is 99.3 Å². The van der Waals surface area contributed by atoms with Crippen LogP contribution in [0.25, 0.3) is 21.8 Å². The standard InChI is InChI=1S/C32H39N11/c1-20-16-28(40(3)4)24-18-22(8-10-26(24)33-20)35-30-37-31(39-32(38-30)43-14-12-42(7)13-15-43)36-23-9-11-27-25(19-23)29(41(5)6)17-21(2)34-27/h8-11,16-19H,12-15H2,1-7H3,(H2,35,36,37,38,39). The lowest BCUT2D eigenvalue weighted by Gasteiger charge is -2.32. The van der Waals surface area contributed by atoms with Crippen LogP contribution in [-0.2, 0) is 0 Å². The van der Waals surface area contributed by atoms with Gasteiger partial charge in [-0.05, 0) is 69.4 Å². The molecular weight excluding hydrogens is 538 g/mol. The van der Waals surface area contributed by atoms with Gasteiger partial charge < -0.3 is 30.2 Å². The summed E-state index contributed by atoms with van der Waals surface area (Å²) in [5.74, 6) is 1.60. The maximum Gasteiger partial charge on any atom is 0.233 e. The highest BCUT2D eigenvalue weighted by Crippen LogP contribution is 2.31. The third-order valence-electron chi connectivity index (χ3n) is 7.72. The van der Waals surface area contributed by atoms with E-state index in [1.54, 1.807) is 0 Å². The summed E-state index contributed by atoms with van der Waals surface area (Å²) in [5, 5.41) is 9.02. The zero-order valence-corrected chi connectivity index (χ0v) is 26.0. The zero-order valence-electron chi connectivity index (χ0n) is 26.0. The quantitative estimate of drug-likeness (QED) is 0.275. The summed E-state index contributed by atoms with van der Waals surface area (Å²) in [6.07, 6.45) is 0. The van der Waals surface area contributed by atoms with E-state index in [4.69, 9.17) is 24.9 Å². The van der Waals surface area contributed by atoms with Crippen LogP contribution in [0.5, 0.6) is 0 Å². The van der Waals surface area contributed by atoms with Crippen molar-refractivity contribution in [1.29, 1.82) is 0 Å². The summed E-state index contributed by atoms with van der Waals surface area (Å²) in [6.45, 7) is 7.63. The number of likely N-dealkylation sites (N-methyl/N-ethyl adjacent to an activating group) is 1. The zero-order chi connectivity index (χ0) is 30.2. The number of hydrogen-bond acceptors (Lipinski definition) is 11. The number of rotatable bonds is 7. The molecule has 3 aromatic heterocycles. The van der Waals surface area contributed by atoms with Gasteiger partial charge in [0.25, 0.3) is 0 Å². The van der Waals surface area contributed by atoms with E-state index in [1.165, 1.54) is 0 Å². The fourth-order valence-corrected chi connectivity index (χ4v) is 5.45. The molecule has 0 aliphatic carbocycles. The Hall–Kier alpha value is -4.77. The van der Waals surface area contributed by atoms with Crippen molar-refractivity contribution in [2.75, 3.05) is 86.8 Å². The van der Waals surface area contributed by atoms with E-state index in [0.29, 0.717) is 17.8 Å². The SMILES string of the molecule is Cc1cc(N(C)C)c2cc(Nc3nc(Nc4ccc5nc(C)cc(N(C)C)c5c4)nc(N4CCN(C)CC4)n3)ccc2n1. The first-order valence-electron chi connectivity index (χ1n) is 14.5. The molecule has 1 aliphatic heterocycles. The first-order chi connectivity index (χ1) is 20.6. The van der Waals surface area contributed by atoms with Gasteiger partial charge in [-0.25, -0.2) is 0 Å². The Labute approximate surface area is 252 Å². The molecule has 0 atom stereocenters. The van der Waals surface area contributed by atoms with Gasteiger partial charge >= 0.3 is 0 Å². The van der Waals surface area contributed by atoms with E-state index in [0.717, 1.165) is 82.1 Å². The van der Waals surface area contributed by atoms with E-state index in [1.807, 2.05) is 66.3 Å². The van der Waals surface area contributed by atoms with Crippen LogP contribution in [0.4, 0.5) is 40.6 Å². The van der Waals surface area contributed by atoms with Crippen molar-refractivity contribution in [2.24, 2.45) is 0 Å². The number of pyridine rings is 2. The van der Waals surface area contributed by atoms with Gasteiger partial charge in [-0.15, -0.1) is 0 Å². The summed E-state index contributed by atoms with van der Waals surface area (Å²) in [7, 11) is 10.3. The molecule has 1 fully saturated rings. The average molecular weight is 578 g/mol. The monoisotopic (exact) mass is 577 g/mol. The van der Waals surface area contributed by atoms with Crippen LogP contribution in [-0.4, -0.2) is 91.2 Å².